The van der Waals surface area contributed by atoms with Gasteiger partial charge in [0.25, 0.3) is 0 Å². The van der Waals surface area contributed by atoms with Crippen LogP contribution in [-0.2, 0) is 85.4 Å². The van der Waals surface area contributed by atoms with Gasteiger partial charge >= 0.3 is 12.0 Å². The highest BCUT2D eigenvalue weighted by Gasteiger charge is 2.42. The lowest BCUT2D eigenvalue weighted by Gasteiger charge is -2.16. The summed E-state index contributed by atoms with van der Waals surface area (Å²) in [5, 5.41) is 17.8. The van der Waals surface area contributed by atoms with Crippen molar-refractivity contribution in [3.63, 3.8) is 0 Å². The molecule has 2 fully saturated rings. The van der Waals surface area contributed by atoms with E-state index in [9.17, 15) is 14.4 Å². The normalized spacial score (nSPS) is 16.5. The number of carbonyl (C=O) groups excluding carboxylic acids is 2. The molecule has 3 atom stereocenters. The van der Waals surface area contributed by atoms with Gasteiger partial charge in [-0.05, 0) is 12.8 Å². The topological polar surface area (TPSA) is 255 Å². The number of unbranched alkanes of at least 4 members (excludes halogenated alkanes) is 1. The van der Waals surface area contributed by atoms with Gasteiger partial charge in [-0.1, -0.05) is 6.42 Å². The summed E-state index contributed by atoms with van der Waals surface area (Å²) in [5.74, 6) is 0.112. The van der Waals surface area contributed by atoms with E-state index >= 15 is 0 Å². The lowest BCUT2D eigenvalue weighted by atomic mass is 10.0. The van der Waals surface area contributed by atoms with Crippen molar-refractivity contribution in [2.75, 3.05) is 224 Å². The summed E-state index contributed by atoms with van der Waals surface area (Å²) >= 11 is 1.90. The van der Waals surface area contributed by atoms with Gasteiger partial charge in [-0.3, -0.25) is 9.59 Å². The van der Waals surface area contributed by atoms with Gasteiger partial charge in [0.05, 0.1) is 230 Å². The molecule has 0 aliphatic carbocycles. The highest BCUT2D eigenvalue weighted by Crippen LogP contribution is 2.33. The molecule has 0 spiro atoms. The zero-order chi connectivity index (χ0) is 49.2. The molecule has 69 heavy (non-hydrogen) atoms. The average Bonchev–Trinajstić information content (AvgIpc) is 3.90. The highest BCUT2D eigenvalue weighted by atomic mass is 32.2. The van der Waals surface area contributed by atoms with Crippen molar-refractivity contribution in [1.29, 1.82) is 0 Å². The van der Waals surface area contributed by atoms with Crippen molar-refractivity contribution in [2.45, 2.75) is 49.4 Å². The van der Waals surface area contributed by atoms with Gasteiger partial charge in [-0.25, -0.2) is 4.79 Å². The van der Waals surface area contributed by atoms with Gasteiger partial charge in [-0.2, -0.15) is 11.8 Å². The Kier molecular flexibility index (Phi) is 45.2. The molecule has 2 saturated heterocycles. The Morgan fingerprint density at radius 2 is 0.739 bits per heavy atom. The van der Waals surface area contributed by atoms with Crippen molar-refractivity contribution in [3.8, 4) is 0 Å². The maximum absolute atomic E-state index is 12.1. The highest BCUT2D eigenvalue weighted by molar-refractivity contribution is 8.00. The summed E-state index contributed by atoms with van der Waals surface area (Å²) in [7, 11) is 0. The Bertz CT molecular complexity index is 1180. The van der Waals surface area contributed by atoms with Crippen molar-refractivity contribution in [3.05, 3.63) is 0 Å². The zero-order valence-electron chi connectivity index (χ0n) is 40.9. The summed E-state index contributed by atoms with van der Waals surface area (Å²) < 4.78 is 87.3. The first-order valence-corrected chi connectivity index (χ1v) is 25.5. The maximum atomic E-state index is 12.1. The molecule has 406 valence electrons. The standard InChI is InChI=1S/C45H85N3O20S/c49-42(4-2-1-3-41-44-40(39-69-41)47-45(52)48-44)46-6-8-54-10-12-56-14-16-58-18-20-60-22-24-62-26-28-64-30-32-66-34-36-68-38-37-67-35-33-65-31-29-63-27-25-61-23-21-59-19-17-57-15-13-55-11-9-53-7-5-43(50)51/h40-41,44H,1-39H2,(H,46,49)(H,50,51)(H2,47,48,52)/t40-,41-,44-/m0/s1. The molecule has 0 aromatic rings. The van der Waals surface area contributed by atoms with Crippen LogP contribution in [0.2, 0.25) is 0 Å². The van der Waals surface area contributed by atoms with Crippen LogP contribution in [0.3, 0.4) is 0 Å². The van der Waals surface area contributed by atoms with Gasteiger partial charge < -0.3 is 96.8 Å². The number of ether oxygens (including phenoxy) is 16. The second kappa shape index (κ2) is 49.5. The van der Waals surface area contributed by atoms with Crippen LogP contribution in [0.1, 0.15) is 32.1 Å². The Labute approximate surface area is 413 Å². The average molecular weight is 1020 g/mol. The van der Waals surface area contributed by atoms with E-state index in [0.29, 0.717) is 223 Å². The number of hydrogen-bond donors (Lipinski definition) is 4. The molecule has 2 heterocycles. The second-order valence-electron chi connectivity index (χ2n) is 15.2. The number of aliphatic carboxylic acids is 1. The summed E-state index contributed by atoms with van der Waals surface area (Å²) in [6.07, 6.45) is 3.30. The molecule has 24 heteroatoms. The molecule has 3 amide bonds. The van der Waals surface area contributed by atoms with Crippen LogP contribution in [0.5, 0.6) is 0 Å². The van der Waals surface area contributed by atoms with E-state index < -0.39 is 5.97 Å². The summed E-state index contributed by atoms with van der Waals surface area (Å²) in [4.78, 5) is 33.9. The molecule has 0 bridgehead atoms. The summed E-state index contributed by atoms with van der Waals surface area (Å²) in [6, 6.07) is 0.390. The van der Waals surface area contributed by atoms with E-state index in [1.54, 1.807) is 0 Å². The smallest absolute Gasteiger partial charge is 0.315 e. The first kappa shape index (κ1) is 63.0. The molecule has 2 rings (SSSR count). The zero-order valence-corrected chi connectivity index (χ0v) is 41.7. The number of thioether (sulfide) groups is 1. The van der Waals surface area contributed by atoms with Crippen LogP contribution in [0.25, 0.3) is 0 Å². The van der Waals surface area contributed by atoms with Crippen molar-refractivity contribution in [2.24, 2.45) is 0 Å². The maximum Gasteiger partial charge on any atom is 0.315 e. The van der Waals surface area contributed by atoms with Gasteiger partial charge in [0.1, 0.15) is 0 Å². The van der Waals surface area contributed by atoms with E-state index in [0.717, 1.165) is 25.0 Å². The molecule has 0 radical (unpaired) electrons. The van der Waals surface area contributed by atoms with E-state index in [1.165, 1.54) is 0 Å². The number of carboxylic acids is 1. The van der Waals surface area contributed by atoms with Crippen molar-refractivity contribution < 1.29 is 95.3 Å². The van der Waals surface area contributed by atoms with E-state index in [2.05, 4.69) is 16.0 Å². The van der Waals surface area contributed by atoms with Crippen LogP contribution >= 0.6 is 11.8 Å². The number of carboxylic acid groups (broad SMARTS) is 1. The molecule has 0 aromatic heterocycles. The minimum absolute atomic E-state index is 0.00930. The molecule has 23 nitrogen and oxygen atoms in total. The van der Waals surface area contributed by atoms with E-state index in [4.69, 9.17) is 80.9 Å². The monoisotopic (exact) mass is 1020 g/mol. The van der Waals surface area contributed by atoms with Crippen LogP contribution in [0, 0.1) is 0 Å². The summed E-state index contributed by atoms with van der Waals surface area (Å²) in [6.45, 7) is 15.1. The molecule has 0 unspecified atom stereocenters. The van der Waals surface area contributed by atoms with Gasteiger partial charge in [0, 0.05) is 24.0 Å². The molecule has 4 N–H and O–H groups in total. The van der Waals surface area contributed by atoms with Crippen LogP contribution < -0.4 is 16.0 Å². The third kappa shape index (κ3) is 42.2. The van der Waals surface area contributed by atoms with Crippen molar-refractivity contribution in [1.82, 2.24) is 16.0 Å². The second-order valence-corrected chi connectivity index (χ2v) is 16.4. The number of rotatable bonds is 56. The van der Waals surface area contributed by atoms with Gasteiger partial charge in [-0.15, -0.1) is 0 Å². The first-order chi connectivity index (χ1) is 34.1. The Morgan fingerprint density at radius 1 is 0.435 bits per heavy atom. The fourth-order valence-corrected chi connectivity index (χ4v) is 7.73. The first-order valence-electron chi connectivity index (χ1n) is 24.5. The molecule has 0 aromatic carbocycles. The van der Waals surface area contributed by atoms with Gasteiger partial charge in [0.15, 0.2) is 0 Å². The van der Waals surface area contributed by atoms with Crippen LogP contribution in [-0.4, -0.2) is 264 Å². The number of carbonyl (C=O) groups is 3. The lowest BCUT2D eigenvalue weighted by Crippen LogP contribution is -2.36. The van der Waals surface area contributed by atoms with Gasteiger partial charge in [0.2, 0.25) is 5.91 Å². The van der Waals surface area contributed by atoms with E-state index in [1.807, 2.05) is 11.8 Å². The quantitative estimate of drug-likeness (QED) is 0.0480. The molecule has 2 aliphatic rings. The minimum atomic E-state index is -0.879. The fraction of sp³-hybridized carbons (Fsp3) is 0.933. The Morgan fingerprint density at radius 3 is 1.06 bits per heavy atom. The minimum Gasteiger partial charge on any atom is -0.481 e. The largest absolute Gasteiger partial charge is 0.481 e. The number of amides is 3. The number of hydrogen-bond acceptors (Lipinski definition) is 20. The van der Waals surface area contributed by atoms with Crippen LogP contribution in [0.15, 0.2) is 0 Å². The van der Waals surface area contributed by atoms with Crippen LogP contribution in [0.4, 0.5) is 4.79 Å². The number of urea groups is 1. The Hall–Kier alpha value is -2.08. The molecule has 0 saturated carbocycles. The predicted octanol–water partition coefficient (Wildman–Crippen LogP) is 0.569. The predicted molar refractivity (Wildman–Crippen MR) is 252 cm³/mol. The number of fused-ring (bicyclic) bond motifs is 1. The van der Waals surface area contributed by atoms with E-state index in [-0.39, 0.29) is 37.0 Å². The summed E-state index contributed by atoms with van der Waals surface area (Å²) in [5.41, 5.74) is 0. The SMILES string of the molecule is O=C(O)CCOCCOCCOCCOCCOCCOCCOCCOCCOCCOCCOCCOCCOCCOCCOCCOCCNC(=O)CCCC[C@@H]1SC[C@@H]2NC(=O)N[C@@H]21. The third-order valence-electron chi connectivity index (χ3n) is 9.69. The number of nitrogens with one attached hydrogen (secondary N) is 3. The lowest BCUT2D eigenvalue weighted by molar-refractivity contribution is -0.138. The molecular weight excluding hydrogens is 935 g/mol. The Balaban J connectivity index is 1.11. The molecule has 2 aliphatic heterocycles. The van der Waals surface area contributed by atoms with Crippen molar-refractivity contribution >= 4 is 29.7 Å². The third-order valence-corrected chi connectivity index (χ3v) is 11.2. The fourth-order valence-electron chi connectivity index (χ4n) is 6.19. The molecular formula is C45H85N3O20S.